The van der Waals surface area contributed by atoms with Crippen LogP contribution in [-0.2, 0) is 16.0 Å². The van der Waals surface area contributed by atoms with E-state index in [0.717, 1.165) is 22.7 Å². The SMILES string of the molecule is O=C(CN1C(=O)COc2ccc(-c3csc(Cc4ccccc4)n3)cc21)Nc1cccc([N+](=O)[O-])c1. The van der Waals surface area contributed by atoms with Crippen LogP contribution in [0.15, 0.2) is 78.2 Å². The molecule has 4 aromatic rings. The Balaban J connectivity index is 1.35. The molecule has 9 nitrogen and oxygen atoms in total. The van der Waals surface area contributed by atoms with Crippen molar-refractivity contribution < 1.29 is 19.2 Å². The van der Waals surface area contributed by atoms with Gasteiger partial charge in [0.2, 0.25) is 5.91 Å². The van der Waals surface area contributed by atoms with Crippen LogP contribution in [0.1, 0.15) is 10.6 Å². The lowest BCUT2D eigenvalue weighted by Gasteiger charge is -2.29. The summed E-state index contributed by atoms with van der Waals surface area (Å²) in [5.41, 5.74) is 3.34. The highest BCUT2D eigenvalue weighted by Gasteiger charge is 2.28. The van der Waals surface area contributed by atoms with Crippen molar-refractivity contribution >= 4 is 40.2 Å². The molecule has 0 fully saturated rings. The highest BCUT2D eigenvalue weighted by atomic mass is 32.1. The largest absolute Gasteiger partial charge is 0.482 e. The van der Waals surface area contributed by atoms with E-state index >= 15 is 0 Å². The maximum atomic E-state index is 12.7. The molecule has 1 aliphatic rings. The molecule has 2 amide bonds. The third-order valence-corrected chi connectivity index (χ3v) is 6.44. The summed E-state index contributed by atoms with van der Waals surface area (Å²) in [7, 11) is 0. The number of ether oxygens (including phenoxy) is 1. The standard InChI is InChI=1S/C26H20N4O5S/c31-24(27-19-7-4-8-20(13-19)30(33)34)14-29-22-12-18(9-10-23(22)35-15-26(29)32)21-16-36-25(28-21)11-17-5-2-1-3-6-17/h1-10,12-13,16H,11,14-15H2,(H,27,31). The second-order valence-corrected chi connectivity index (χ2v) is 9.04. The number of nitrogens with zero attached hydrogens (tertiary/aromatic N) is 3. The van der Waals surface area contributed by atoms with Crippen LogP contribution < -0.4 is 15.0 Å². The van der Waals surface area contributed by atoms with Gasteiger partial charge in [-0.15, -0.1) is 11.3 Å². The Morgan fingerprint density at radius 3 is 2.75 bits per heavy atom. The molecule has 1 aliphatic heterocycles. The number of anilines is 2. The number of hydrogen-bond donors (Lipinski definition) is 1. The normalized spacial score (nSPS) is 12.6. The fraction of sp³-hybridized carbons (Fsp3) is 0.115. The third kappa shape index (κ3) is 5.08. The highest BCUT2D eigenvalue weighted by Crippen LogP contribution is 2.36. The van der Waals surface area contributed by atoms with Gasteiger partial charge in [-0.2, -0.15) is 0 Å². The van der Waals surface area contributed by atoms with Crippen LogP contribution in [0.2, 0.25) is 0 Å². The summed E-state index contributed by atoms with van der Waals surface area (Å²) < 4.78 is 5.57. The molecule has 0 radical (unpaired) electrons. The predicted molar refractivity (Wildman–Crippen MR) is 136 cm³/mol. The zero-order chi connectivity index (χ0) is 25.1. The van der Waals surface area contributed by atoms with Gasteiger partial charge in [0.25, 0.3) is 11.6 Å². The second kappa shape index (κ2) is 9.96. The summed E-state index contributed by atoms with van der Waals surface area (Å²) >= 11 is 1.56. The lowest BCUT2D eigenvalue weighted by Crippen LogP contribution is -2.43. The molecule has 180 valence electrons. The van der Waals surface area contributed by atoms with Gasteiger partial charge in [0.15, 0.2) is 6.61 Å². The van der Waals surface area contributed by atoms with E-state index in [1.165, 1.54) is 28.7 Å². The van der Waals surface area contributed by atoms with E-state index < -0.39 is 10.8 Å². The van der Waals surface area contributed by atoms with Gasteiger partial charge < -0.3 is 10.1 Å². The molecule has 5 rings (SSSR count). The smallest absolute Gasteiger partial charge is 0.271 e. The number of hydrogen-bond acceptors (Lipinski definition) is 7. The molecule has 3 aromatic carbocycles. The van der Waals surface area contributed by atoms with Crippen LogP contribution in [0.5, 0.6) is 5.75 Å². The summed E-state index contributed by atoms with van der Waals surface area (Å²) in [5.74, 6) is -0.362. The lowest BCUT2D eigenvalue weighted by molar-refractivity contribution is -0.384. The Hall–Kier alpha value is -4.57. The molecule has 0 saturated heterocycles. The number of rotatable bonds is 7. The minimum absolute atomic E-state index is 0.139. The first-order chi connectivity index (χ1) is 17.5. The van der Waals surface area contributed by atoms with Gasteiger partial charge in [0, 0.05) is 35.2 Å². The van der Waals surface area contributed by atoms with Gasteiger partial charge in [-0.1, -0.05) is 36.4 Å². The van der Waals surface area contributed by atoms with Gasteiger partial charge in [0.1, 0.15) is 12.3 Å². The van der Waals surface area contributed by atoms with Gasteiger partial charge in [-0.05, 0) is 29.8 Å². The summed E-state index contributed by atoms with van der Waals surface area (Å²) in [5, 5.41) is 16.5. The number of carbonyl (C=O) groups is 2. The molecular formula is C26H20N4O5S. The van der Waals surface area contributed by atoms with Crippen molar-refractivity contribution in [2.75, 3.05) is 23.4 Å². The van der Waals surface area contributed by atoms with E-state index in [-0.39, 0.29) is 30.4 Å². The predicted octanol–water partition coefficient (Wildman–Crippen LogP) is 4.67. The number of benzene rings is 3. The Morgan fingerprint density at radius 1 is 1.11 bits per heavy atom. The first-order valence-electron chi connectivity index (χ1n) is 11.1. The summed E-state index contributed by atoms with van der Waals surface area (Å²) in [6, 6.07) is 21.1. The van der Waals surface area contributed by atoms with Crippen molar-refractivity contribution in [2.24, 2.45) is 0 Å². The minimum atomic E-state index is -0.539. The van der Waals surface area contributed by atoms with Crippen molar-refractivity contribution in [3.05, 3.63) is 98.9 Å². The fourth-order valence-corrected chi connectivity index (χ4v) is 4.71. The summed E-state index contributed by atoms with van der Waals surface area (Å²) in [6.07, 6.45) is 0.724. The Labute approximate surface area is 210 Å². The molecule has 2 heterocycles. The third-order valence-electron chi connectivity index (χ3n) is 5.59. The maximum Gasteiger partial charge on any atom is 0.271 e. The number of thiazole rings is 1. The van der Waals surface area contributed by atoms with E-state index in [1.807, 2.05) is 29.6 Å². The number of nitro benzene ring substituents is 1. The molecule has 0 spiro atoms. The van der Waals surface area contributed by atoms with E-state index in [9.17, 15) is 19.7 Å². The first-order valence-corrected chi connectivity index (χ1v) is 11.9. The molecule has 1 N–H and O–H groups in total. The van der Waals surface area contributed by atoms with Crippen LogP contribution in [0.3, 0.4) is 0 Å². The molecule has 0 saturated carbocycles. The zero-order valence-corrected chi connectivity index (χ0v) is 19.7. The van der Waals surface area contributed by atoms with E-state index in [4.69, 9.17) is 9.72 Å². The molecule has 0 atom stereocenters. The molecule has 0 aliphatic carbocycles. The monoisotopic (exact) mass is 500 g/mol. The number of nitro groups is 1. The molecular weight excluding hydrogens is 480 g/mol. The zero-order valence-electron chi connectivity index (χ0n) is 18.9. The summed E-state index contributed by atoms with van der Waals surface area (Å²) in [6.45, 7) is -0.452. The number of fused-ring (bicyclic) bond motifs is 1. The van der Waals surface area contributed by atoms with Crippen molar-refractivity contribution in [3.8, 4) is 17.0 Å². The topological polar surface area (TPSA) is 115 Å². The van der Waals surface area contributed by atoms with Crippen LogP contribution >= 0.6 is 11.3 Å². The fourth-order valence-electron chi connectivity index (χ4n) is 3.87. The van der Waals surface area contributed by atoms with Crippen LogP contribution in [0.4, 0.5) is 17.1 Å². The van der Waals surface area contributed by atoms with E-state index in [0.29, 0.717) is 11.4 Å². The van der Waals surface area contributed by atoms with Gasteiger partial charge in [-0.3, -0.25) is 24.6 Å². The number of non-ortho nitro benzene ring substituents is 1. The number of aromatic nitrogens is 1. The van der Waals surface area contributed by atoms with E-state index in [2.05, 4.69) is 17.4 Å². The van der Waals surface area contributed by atoms with E-state index in [1.54, 1.807) is 29.5 Å². The average molecular weight is 501 g/mol. The van der Waals surface area contributed by atoms with Crippen molar-refractivity contribution in [2.45, 2.75) is 6.42 Å². The molecule has 36 heavy (non-hydrogen) atoms. The quantitative estimate of drug-likeness (QED) is 0.291. The van der Waals surface area contributed by atoms with Crippen molar-refractivity contribution in [1.82, 2.24) is 4.98 Å². The molecule has 0 bridgehead atoms. The molecule has 0 unspecified atom stereocenters. The minimum Gasteiger partial charge on any atom is -0.482 e. The molecule has 1 aromatic heterocycles. The van der Waals surface area contributed by atoms with Crippen LogP contribution in [-0.4, -0.2) is 34.9 Å². The maximum absolute atomic E-state index is 12.7. The van der Waals surface area contributed by atoms with Gasteiger partial charge in [-0.25, -0.2) is 4.98 Å². The lowest BCUT2D eigenvalue weighted by atomic mass is 10.1. The van der Waals surface area contributed by atoms with Crippen molar-refractivity contribution in [3.63, 3.8) is 0 Å². The Bertz CT molecular complexity index is 1450. The number of amides is 2. The van der Waals surface area contributed by atoms with Crippen molar-refractivity contribution in [1.29, 1.82) is 0 Å². The first kappa shape index (κ1) is 23.2. The Kier molecular flexibility index (Phi) is 6.42. The number of carbonyl (C=O) groups excluding carboxylic acids is 2. The molecule has 10 heteroatoms. The second-order valence-electron chi connectivity index (χ2n) is 8.10. The average Bonchev–Trinajstić information content (AvgIpc) is 3.34. The Morgan fingerprint density at radius 2 is 1.94 bits per heavy atom. The van der Waals surface area contributed by atoms with Crippen LogP contribution in [0, 0.1) is 10.1 Å². The summed E-state index contributed by atoms with van der Waals surface area (Å²) in [4.78, 5) is 41.9. The van der Waals surface area contributed by atoms with Gasteiger partial charge in [0.05, 0.1) is 21.3 Å². The van der Waals surface area contributed by atoms with Crippen LogP contribution in [0.25, 0.3) is 11.3 Å². The number of nitrogens with one attached hydrogen (secondary N) is 1. The van der Waals surface area contributed by atoms with Gasteiger partial charge >= 0.3 is 0 Å². The highest BCUT2D eigenvalue weighted by molar-refractivity contribution is 7.10.